The topological polar surface area (TPSA) is 54.5 Å². The Labute approximate surface area is 136 Å². The lowest BCUT2D eigenvalue weighted by molar-refractivity contribution is 0.0947. The molecule has 1 aromatic carbocycles. The lowest BCUT2D eigenvalue weighted by Gasteiger charge is -2.27. The van der Waals surface area contributed by atoms with Crippen molar-refractivity contribution in [1.29, 1.82) is 0 Å². The number of carbonyl (C=O) groups is 1. The van der Waals surface area contributed by atoms with Crippen molar-refractivity contribution in [2.75, 3.05) is 25.1 Å². The first-order valence-corrected chi connectivity index (χ1v) is 7.82. The number of aromatic nitrogens is 1. The van der Waals surface area contributed by atoms with E-state index < -0.39 is 0 Å². The average Bonchev–Trinajstić information content (AvgIpc) is 3.03. The van der Waals surface area contributed by atoms with Crippen molar-refractivity contribution >= 4 is 11.6 Å². The zero-order valence-electron chi connectivity index (χ0n) is 13.5. The molecule has 0 aliphatic carbocycles. The summed E-state index contributed by atoms with van der Waals surface area (Å²) in [7, 11) is 1.52. The van der Waals surface area contributed by atoms with Crippen molar-refractivity contribution in [2.45, 2.75) is 19.4 Å². The van der Waals surface area contributed by atoms with E-state index in [9.17, 15) is 4.79 Å². The zero-order valence-corrected chi connectivity index (χ0v) is 13.5. The van der Waals surface area contributed by atoms with E-state index in [0.29, 0.717) is 18.0 Å². The van der Waals surface area contributed by atoms with Crippen molar-refractivity contribution in [2.24, 2.45) is 0 Å². The molecule has 1 aromatic heterocycles. The molecule has 5 nitrogen and oxygen atoms in total. The highest BCUT2D eigenvalue weighted by Gasteiger charge is 2.23. The molecule has 1 N–H and O–H groups in total. The molecule has 0 fully saturated rings. The van der Waals surface area contributed by atoms with E-state index in [0.717, 1.165) is 13.0 Å². The molecule has 0 bridgehead atoms. The van der Waals surface area contributed by atoms with Crippen LogP contribution in [0.1, 0.15) is 22.8 Å². The molecule has 0 radical (unpaired) electrons. The molecule has 0 spiro atoms. The fraction of sp³-hybridized carbons (Fsp3) is 0.333. The number of amides is 1. The largest absolute Gasteiger partial charge is 0.480 e. The molecule has 120 valence electrons. The maximum absolute atomic E-state index is 12.3. The molecule has 0 saturated heterocycles. The Kier molecular flexibility index (Phi) is 4.46. The summed E-state index contributed by atoms with van der Waals surface area (Å²) in [5, 5.41) is 2.98. The smallest absolute Gasteiger partial charge is 0.256 e. The molecule has 2 aromatic rings. The zero-order chi connectivity index (χ0) is 16.2. The van der Waals surface area contributed by atoms with Crippen LogP contribution in [0.25, 0.3) is 0 Å². The first-order valence-electron chi connectivity index (χ1n) is 7.82. The average molecular weight is 311 g/mol. The minimum absolute atomic E-state index is 0.158. The Balaban J connectivity index is 1.63. The number of hydrogen-bond donors (Lipinski definition) is 1. The van der Waals surface area contributed by atoms with Gasteiger partial charge in [0.15, 0.2) is 0 Å². The maximum Gasteiger partial charge on any atom is 0.256 e. The van der Waals surface area contributed by atoms with E-state index in [4.69, 9.17) is 4.74 Å². The van der Waals surface area contributed by atoms with Crippen LogP contribution in [0, 0.1) is 0 Å². The second-order valence-corrected chi connectivity index (χ2v) is 5.69. The van der Waals surface area contributed by atoms with Gasteiger partial charge in [-0.3, -0.25) is 4.79 Å². The fourth-order valence-corrected chi connectivity index (χ4v) is 2.99. The minimum Gasteiger partial charge on any atom is -0.480 e. The number of para-hydroxylation sites is 1. The molecular weight excluding hydrogens is 290 g/mol. The summed E-state index contributed by atoms with van der Waals surface area (Å²) < 4.78 is 5.14. The van der Waals surface area contributed by atoms with Gasteiger partial charge in [-0.25, -0.2) is 4.98 Å². The van der Waals surface area contributed by atoms with Crippen LogP contribution in [-0.2, 0) is 6.42 Å². The van der Waals surface area contributed by atoms with Gasteiger partial charge in [-0.1, -0.05) is 18.2 Å². The maximum atomic E-state index is 12.3. The number of anilines is 1. The molecule has 1 amide bonds. The summed E-state index contributed by atoms with van der Waals surface area (Å²) in [5.41, 5.74) is 3.11. The minimum atomic E-state index is -0.158. The molecule has 1 atom stereocenters. The molecule has 2 heterocycles. The van der Waals surface area contributed by atoms with E-state index in [1.807, 2.05) is 0 Å². The fourth-order valence-electron chi connectivity index (χ4n) is 2.99. The number of fused-ring (bicyclic) bond motifs is 1. The number of pyridine rings is 1. The van der Waals surface area contributed by atoms with E-state index >= 15 is 0 Å². The highest BCUT2D eigenvalue weighted by Crippen LogP contribution is 2.28. The Hall–Kier alpha value is -2.56. The predicted octanol–water partition coefficient (Wildman–Crippen LogP) is 2.27. The molecule has 1 aliphatic heterocycles. The lowest BCUT2D eigenvalue weighted by Crippen LogP contribution is -2.41. The summed E-state index contributed by atoms with van der Waals surface area (Å²) in [5.74, 6) is 0.193. The van der Waals surface area contributed by atoms with E-state index in [-0.39, 0.29) is 11.9 Å². The van der Waals surface area contributed by atoms with Crippen LogP contribution in [0.3, 0.4) is 0 Å². The van der Waals surface area contributed by atoms with Gasteiger partial charge in [0.1, 0.15) is 5.56 Å². The predicted molar refractivity (Wildman–Crippen MR) is 90.1 cm³/mol. The number of hydrogen-bond acceptors (Lipinski definition) is 4. The molecule has 1 aliphatic rings. The van der Waals surface area contributed by atoms with Gasteiger partial charge in [0.05, 0.1) is 7.11 Å². The number of nitrogens with zero attached hydrogens (tertiary/aromatic N) is 2. The van der Waals surface area contributed by atoms with Gasteiger partial charge in [-0.2, -0.15) is 0 Å². The molecule has 23 heavy (non-hydrogen) atoms. The number of ether oxygens (including phenoxy) is 1. The second kappa shape index (κ2) is 6.69. The highest BCUT2D eigenvalue weighted by molar-refractivity contribution is 5.96. The van der Waals surface area contributed by atoms with Crippen molar-refractivity contribution in [3.05, 3.63) is 53.7 Å². The monoisotopic (exact) mass is 311 g/mol. The molecule has 1 unspecified atom stereocenters. The van der Waals surface area contributed by atoms with Gasteiger partial charge in [0.2, 0.25) is 5.88 Å². The van der Waals surface area contributed by atoms with Crippen LogP contribution in [0.4, 0.5) is 5.69 Å². The van der Waals surface area contributed by atoms with E-state index in [1.165, 1.54) is 18.4 Å². The number of benzene rings is 1. The van der Waals surface area contributed by atoms with Crippen molar-refractivity contribution in [1.82, 2.24) is 10.3 Å². The Bertz CT molecular complexity index is 702. The SMILES string of the molecule is COc1ncccc1C(=O)NCC(C)N1CCc2ccccc21. The normalized spacial score (nSPS) is 14.3. The Morgan fingerprint density at radius 1 is 1.35 bits per heavy atom. The third kappa shape index (κ3) is 3.13. The third-order valence-electron chi connectivity index (χ3n) is 4.22. The second-order valence-electron chi connectivity index (χ2n) is 5.69. The standard InChI is InChI=1S/C18H21N3O2/c1-13(21-11-9-14-6-3-4-8-16(14)21)12-20-17(22)15-7-5-10-19-18(15)23-2/h3-8,10,13H,9,11-12H2,1-2H3,(H,20,22). The van der Waals surface area contributed by atoms with Crippen LogP contribution in [0.5, 0.6) is 5.88 Å². The summed E-state index contributed by atoms with van der Waals surface area (Å²) in [6, 6.07) is 12.1. The van der Waals surface area contributed by atoms with Gasteiger partial charge in [0, 0.05) is 31.0 Å². The van der Waals surface area contributed by atoms with Crippen LogP contribution >= 0.6 is 0 Å². The molecule has 5 heteroatoms. The van der Waals surface area contributed by atoms with E-state index in [2.05, 4.69) is 46.4 Å². The van der Waals surface area contributed by atoms with Gasteiger partial charge in [-0.15, -0.1) is 0 Å². The van der Waals surface area contributed by atoms with Crippen molar-refractivity contribution in [3.8, 4) is 5.88 Å². The summed E-state index contributed by atoms with van der Waals surface area (Å²) in [6.07, 6.45) is 2.67. The number of carbonyl (C=O) groups excluding carboxylic acids is 1. The molecular formula is C18H21N3O2. The first-order chi connectivity index (χ1) is 11.2. The van der Waals surface area contributed by atoms with Crippen LogP contribution in [0.2, 0.25) is 0 Å². The third-order valence-corrected chi connectivity index (χ3v) is 4.22. The van der Waals surface area contributed by atoms with Crippen LogP contribution in [0.15, 0.2) is 42.6 Å². The number of methoxy groups -OCH3 is 1. The van der Waals surface area contributed by atoms with E-state index in [1.54, 1.807) is 18.3 Å². The van der Waals surface area contributed by atoms with Crippen molar-refractivity contribution < 1.29 is 9.53 Å². The van der Waals surface area contributed by atoms with Gasteiger partial charge in [-0.05, 0) is 37.1 Å². The first kappa shape index (κ1) is 15.3. The summed E-state index contributed by atoms with van der Waals surface area (Å²) >= 11 is 0. The Morgan fingerprint density at radius 2 is 2.17 bits per heavy atom. The van der Waals surface area contributed by atoms with Gasteiger partial charge < -0.3 is 15.0 Å². The summed E-state index contributed by atoms with van der Waals surface area (Å²) in [4.78, 5) is 18.7. The van der Waals surface area contributed by atoms with Crippen LogP contribution < -0.4 is 15.0 Å². The molecule has 0 saturated carbocycles. The van der Waals surface area contributed by atoms with Crippen molar-refractivity contribution in [3.63, 3.8) is 0 Å². The quantitative estimate of drug-likeness (QED) is 0.920. The lowest BCUT2D eigenvalue weighted by atomic mass is 10.1. The van der Waals surface area contributed by atoms with Crippen LogP contribution in [-0.4, -0.2) is 37.1 Å². The highest BCUT2D eigenvalue weighted by atomic mass is 16.5. The van der Waals surface area contributed by atoms with Gasteiger partial charge in [0.25, 0.3) is 5.91 Å². The number of rotatable bonds is 5. The van der Waals surface area contributed by atoms with Gasteiger partial charge >= 0.3 is 0 Å². The number of nitrogens with one attached hydrogen (secondary N) is 1. The molecule has 3 rings (SSSR count). The summed E-state index contributed by atoms with van der Waals surface area (Å²) in [6.45, 7) is 3.70. The Morgan fingerprint density at radius 3 is 3.00 bits per heavy atom.